The van der Waals surface area contributed by atoms with Crippen LogP contribution in [-0.4, -0.2) is 14.2 Å². The molecule has 2 aromatic carbocycles. The molecule has 0 saturated heterocycles. The van der Waals surface area contributed by atoms with E-state index in [1.54, 1.807) is 0 Å². The van der Waals surface area contributed by atoms with Crippen LogP contribution in [0, 0.1) is 5.82 Å². The molecule has 0 spiro atoms. The van der Waals surface area contributed by atoms with Crippen molar-refractivity contribution in [2.45, 2.75) is 25.8 Å². The van der Waals surface area contributed by atoms with Gasteiger partial charge in [-0.1, -0.05) is 42.5 Å². The van der Waals surface area contributed by atoms with Gasteiger partial charge in [-0.25, -0.2) is 8.91 Å². The highest BCUT2D eigenvalue weighted by molar-refractivity contribution is 5.76. The fraction of sp³-hybridized carbons (Fsp3) is 0.190. The van der Waals surface area contributed by atoms with Crippen LogP contribution in [0.3, 0.4) is 0 Å². The molecule has 124 valence electrons. The predicted octanol–water partition coefficient (Wildman–Crippen LogP) is 4.95. The minimum atomic E-state index is -0.202. The second kappa shape index (κ2) is 5.59. The molecule has 0 fully saturated rings. The third-order valence-electron chi connectivity index (χ3n) is 5.02. The summed E-state index contributed by atoms with van der Waals surface area (Å²) in [6, 6.07) is 17.1. The SMILES string of the molecule is Fc1ccc(-c2cn3nc(-c4ccccc4)n4c3c2CCCC4)cc1. The summed E-state index contributed by atoms with van der Waals surface area (Å²) in [4.78, 5) is 0. The van der Waals surface area contributed by atoms with Crippen molar-refractivity contribution in [1.82, 2.24) is 14.2 Å². The van der Waals surface area contributed by atoms with E-state index >= 15 is 0 Å². The van der Waals surface area contributed by atoms with Gasteiger partial charge in [0.1, 0.15) is 11.5 Å². The number of hydrogen-bond donors (Lipinski definition) is 0. The van der Waals surface area contributed by atoms with Crippen LogP contribution < -0.4 is 0 Å². The van der Waals surface area contributed by atoms with Crippen LogP contribution in [0.4, 0.5) is 4.39 Å². The van der Waals surface area contributed by atoms with Gasteiger partial charge in [0, 0.05) is 29.4 Å². The molecule has 25 heavy (non-hydrogen) atoms. The maximum Gasteiger partial charge on any atom is 0.162 e. The lowest BCUT2D eigenvalue weighted by Crippen LogP contribution is -1.99. The molecule has 0 atom stereocenters. The molecule has 0 aliphatic carbocycles. The van der Waals surface area contributed by atoms with Gasteiger partial charge >= 0.3 is 0 Å². The second-order valence-corrected chi connectivity index (χ2v) is 6.59. The Hall–Kier alpha value is -2.88. The molecule has 4 heteroatoms. The molecule has 1 aliphatic rings. The maximum atomic E-state index is 13.3. The minimum absolute atomic E-state index is 0.202. The molecule has 5 rings (SSSR count). The molecule has 3 heterocycles. The monoisotopic (exact) mass is 331 g/mol. The lowest BCUT2D eigenvalue weighted by atomic mass is 10.0. The highest BCUT2D eigenvalue weighted by Gasteiger charge is 2.22. The van der Waals surface area contributed by atoms with Crippen LogP contribution in [0.1, 0.15) is 18.4 Å². The highest BCUT2D eigenvalue weighted by Crippen LogP contribution is 2.34. The number of rotatable bonds is 2. The van der Waals surface area contributed by atoms with Gasteiger partial charge in [-0.3, -0.25) is 0 Å². The van der Waals surface area contributed by atoms with Gasteiger partial charge in [-0.15, -0.1) is 5.10 Å². The van der Waals surface area contributed by atoms with E-state index in [0.717, 1.165) is 48.3 Å². The first-order valence-electron chi connectivity index (χ1n) is 8.73. The van der Waals surface area contributed by atoms with Crippen LogP contribution in [0.2, 0.25) is 0 Å². The lowest BCUT2D eigenvalue weighted by molar-refractivity contribution is 0.628. The van der Waals surface area contributed by atoms with Gasteiger partial charge in [0.25, 0.3) is 0 Å². The van der Waals surface area contributed by atoms with Gasteiger partial charge in [0.2, 0.25) is 0 Å². The van der Waals surface area contributed by atoms with E-state index in [-0.39, 0.29) is 5.82 Å². The average Bonchev–Trinajstić information content (AvgIpc) is 3.08. The van der Waals surface area contributed by atoms with Gasteiger partial charge in [0.05, 0.1) is 0 Å². The van der Waals surface area contributed by atoms with Gasteiger partial charge < -0.3 is 4.57 Å². The van der Waals surface area contributed by atoms with Crippen LogP contribution in [0.5, 0.6) is 0 Å². The van der Waals surface area contributed by atoms with Gasteiger partial charge in [-0.2, -0.15) is 0 Å². The highest BCUT2D eigenvalue weighted by atomic mass is 19.1. The zero-order chi connectivity index (χ0) is 16.8. The van der Waals surface area contributed by atoms with E-state index in [2.05, 4.69) is 22.9 Å². The Bertz CT molecular complexity index is 1040. The van der Waals surface area contributed by atoms with E-state index in [4.69, 9.17) is 5.10 Å². The van der Waals surface area contributed by atoms with Crippen LogP contribution in [0.15, 0.2) is 60.8 Å². The second-order valence-electron chi connectivity index (χ2n) is 6.59. The molecule has 0 unspecified atom stereocenters. The number of nitrogens with zero attached hydrogens (tertiary/aromatic N) is 3. The smallest absolute Gasteiger partial charge is 0.162 e. The molecule has 0 radical (unpaired) electrons. The summed E-state index contributed by atoms with van der Waals surface area (Å²) in [6.07, 6.45) is 5.42. The lowest BCUT2D eigenvalue weighted by Gasteiger charge is -2.06. The summed E-state index contributed by atoms with van der Waals surface area (Å²) in [7, 11) is 0. The molecule has 2 aromatic heterocycles. The van der Waals surface area contributed by atoms with Crippen molar-refractivity contribution in [2.75, 3.05) is 0 Å². The largest absolute Gasteiger partial charge is 0.309 e. The summed E-state index contributed by atoms with van der Waals surface area (Å²) in [5.74, 6) is 0.816. The van der Waals surface area contributed by atoms with Crippen molar-refractivity contribution in [1.29, 1.82) is 0 Å². The molecule has 4 aromatic rings. The Morgan fingerprint density at radius 1 is 0.880 bits per heavy atom. The third kappa shape index (κ3) is 2.29. The summed E-state index contributed by atoms with van der Waals surface area (Å²) < 4.78 is 17.6. The molecular weight excluding hydrogens is 313 g/mol. The number of halogens is 1. The number of aromatic nitrogens is 3. The molecule has 1 aliphatic heterocycles. The minimum Gasteiger partial charge on any atom is -0.309 e. The summed E-state index contributed by atoms with van der Waals surface area (Å²) in [6.45, 7) is 0.980. The van der Waals surface area contributed by atoms with Crippen molar-refractivity contribution in [3.05, 3.63) is 72.2 Å². The Labute approximate surface area is 145 Å². The standard InChI is InChI=1S/C21H18FN3/c22-17-11-9-15(10-12-17)19-14-25-21-18(19)8-4-5-13-24(21)20(23-25)16-6-2-1-3-7-16/h1-3,6-7,9-12,14H,4-5,8,13H2. The average molecular weight is 331 g/mol. The van der Waals surface area contributed by atoms with E-state index in [9.17, 15) is 4.39 Å². The third-order valence-corrected chi connectivity index (χ3v) is 5.02. The number of hydrogen-bond acceptors (Lipinski definition) is 1. The van der Waals surface area contributed by atoms with Crippen molar-refractivity contribution >= 4 is 5.65 Å². The quantitative estimate of drug-likeness (QED) is 0.510. The molecular formula is C21H18FN3. The summed E-state index contributed by atoms with van der Waals surface area (Å²) >= 11 is 0. The van der Waals surface area contributed by atoms with Crippen molar-refractivity contribution in [2.24, 2.45) is 0 Å². The first-order valence-corrected chi connectivity index (χ1v) is 8.73. The van der Waals surface area contributed by atoms with E-state index in [0.29, 0.717) is 0 Å². The van der Waals surface area contributed by atoms with Gasteiger partial charge in [-0.05, 0) is 37.0 Å². The Kier molecular flexibility index (Phi) is 3.23. The molecule has 0 amide bonds. The molecule has 0 bridgehead atoms. The fourth-order valence-electron chi connectivity index (χ4n) is 3.85. The summed E-state index contributed by atoms with van der Waals surface area (Å²) in [5.41, 5.74) is 5.85. The summed E-state index contributed by atoms with van der Waals surface area (Å²) in [5, 5.41) is 4.87. The molecule has 0 saturated carbocycles. The first kappa shape index (κ1) is 14.5. The van der Waals surface area contributed by atoms with Crippen LogP contribution in [-0.2, 0) is 13.0 Å². The maximum absolute atomic E-state index is 13.3. The van der Waals surface area contributed by atoms with Crippen molar-refractivity contribution < 1.29 is 4.39 Å². The zero-order valence-corrected chi connectivity index (χ0v) is 13.8. The fourth-order valence-corrected chi connectivity index (χ4v) is 3.85. The predicted molar refractivity (Wildman–Crippen MR) is 97.0 cm³/mol. The molecule has 3 nitrogen and oxygen atoms in total. The van der Waals surface area contributed by atoms with Crippen molar-refractivity contribution in [3.8, 4) is 22.5 Å². The van der Waals surface area contributed by atoms with E-state index < -0.39 is 0 Å². The molecule has 0 N–H and O–H groups in total. The van der Waals surface area contributed by atoms with Gasteiger partial charge in [0.15, 0.2) is 5.82 Å². The Morgan fingerprint density at radius 2 is 1.68 bits per heavy atom. The normalized spacial score (nSPS) is 14.0. The number of aryl methyl sites for hydroxylation is 2. The zero-order valence-electron chi connectivity index (χ0n) is 13.8. The number of benzene rings is 2. The van der Waals surface area contributed by atoms with Crippen molar-refractivity contribution in [3.63, 3.8) is 0 Å². The van der Waals surface area contributed by atoms with Crippen LogP contribution >= 0.6 is 0 Å². The Morgan fingerprint density at radius 3 is 2.48 bits per heavy atom. The Balaban J connectivity index is 1.74. The van der Waals surface area contributed by atoms with E-state index in [1.807, 2.05) is 34.8 Å². The van der Waals surface area contributed by atoms with Crippen LogP contribution in [0.25, 0.3) is 28.2 Å². The first-order chi connectivity index (χ1) is 12.3. The van der Waals surface area contributed by atoms with E-state index in [1.165, 1.54) is 23.3 Å². The topological polar surface area (TPSA) is 22.2 Å².